The molecule has 0 amide bonds. The van der Waals surface area contributed by atoms with Crippen LogP contribution in [0.25, 0.3) is 0 Å². The Kier molecular flexibility index (Phi) is 7.57. The van der Waals surface area contributed by atoms with E-state index in [9.17, 15) is 4.39 Å². The van der Waals surface area contributed by atoms with E-state index in [-0.39, 0.29) is 18.0 Å². The molecule has 19 heavy (non-hydrogen) atoms. The minimum Gasteiger partial charge on any atom is -0.380 e. The second-order valence-corrected chi connectivity index (χ2v) is 5.64. The lowest BCUT2D eigenvalue weighted by Crippen LogP contribution is -2.42. The first-order valence-corrected chi connectivity index (χ1v) is 7.61. The van der Waals surface area contributed by atoms with E-state index >= 15 is 0 Å². The third-order valence-corrected chi connectivity index (χ3v) is 3.65. The summed E-state index contributed by atoms with van der Waals surface area (Å²) in [5, 5.41) is 3.50. The molecule has 1 N–H and O–H groups in total. The van der Waals surface area contributed by atoms with Gasteiger partial charge in [0.25, 0.3) is 0 Å². The standard InChI is InChI=1S/C15H23BrFNO/c1-4-6-18-14(15(5-2)19-3)9-11-7-12(16)10-13(17)8-11/h7-8,10,14-15,18H,4-6,9H2,1-3H3. The molecule has 0 aliphatic carbocycles. The molecule has 0 saturated heterocycles. The Labute approximate surface area is 123 Å². The first kappa shape index (κ1) is 16.6. The number of halogens is 2. The third kappa shape index (κ3) is 5.59. The fraction of sp³-hybridized carbons (Fsp3) is 0.600. The Morgan fingerprint density at radius 3 is 2.58 bits per heavy atom. The number of rotatable bonds is 8. The highest BCUT2D eigenvalue weighted by atomic mass is 79.9. The van der Waals surface area contributed by atoms with Crippen LogP contribution in [0.3, 0.4) is 0 Å². The SMILES string of the molecule is CCCNC(Cc1cc(F)cc(Br)c1)C(CC)OC. The topological polar surface area (TPSA) is 21.3 Å². The van der Waals surface area contributed by atoms with Gasteiger partial charge in [-0.3, -0.25) is 0 Å². The predicted molar refractivity (Wildman–Crippen MR) is 81.0 cm³/mol. The molecule has 2 atom stereocenters. The molecule has 4 heteroatoms. The van der Waals surface area contributed by atoms with Crippen molar-refractivity contribution >= 4 is 15.9 Å². The average Bonchev–Trinajstić information content (AvgIpc) is 2.35. The first-order valence-electron chi connectivity index (χ1n) is 6.81. The van der Waals surface area contributed by atoms with Crippen LogP contribution in [0.5, 0.6) is 0 Å². The van der Waals surface area contributed by atoms with Crippen molar-refractivity contribution in [2.45, 2.75) is 45.3 Å². The van der Waals surface area contributed by atoms with Crippen LogP contribution in [-0.4, -0.2) is 25.8 Å². The second-order valence-electron chi connectivity index (χ2n) is 4.72. The minimum atomic E-state index is -0.205. The summed E-state index contributed by atoms with van der Waals surface area (Å²) in [4.78, 5) is 0. The van der Waals surface area contributed by atoms with Gasteiger partial charge in [0.1, 0.15) is 5.82 Å². The van der Waals surface area contributed by atoms with E-state index in [0.29, 0.717) is 0 Å². The number of hydrogen-bond acceptors (Lipinski definition) is 2. The summed E-state index contributed by atoms with van der Waals surface area (Å²) in [6, 6.07) is 5.24. The average molecular weight is 332 g/mol. The van der Waals surface area contributed by atoms with Crippen molar-refractivity contribution in [1.29, 1.82) is 0 Å². The Morgan fingerprint density at radius 2 is 2.05 bits per heavy atom. The van der Waals surface area contributed by atoms with Crippen molar-refractivity contribution in [3.63, 3.8) is 0 Å². The quantitative estimate of drug-likeness (QED) is 0.779. The van der Waals surface area contributed by atoms with E-state index in [0.717, 1.165) is 35.8 Å². The molecule has 2 unspecified atom stereocenters. The smallest absolute Gasteiger partial charge is 0.124 e. The number of hydrogen-bond donors (Lipinski definition) is 1. The zero-order valence-corrected chi connectivity index (χ0v) is 13.5. The van der Waals surface area contributed by atoms with E-state index in [1.54, 1.807) is 13.2 Å². The van der Waals surface area contributed by atoms with E-state index in [2.05, 4.69) is 35.1 Å². The highest BCUT2D eigenvalue weighted by Crippen LogP contribution is 2.18. The second kappa shape index (κ2) is 8.67. The molecule has 0 fully saturated rings. The van der Waals surface area contributed by atoms with Crippen LogP contribution >= 0.6 is 15.9 Å². The summed E-state index contributed by atoms with van der Waals surface area (Å²) < 4.78 is 19.7. The van der Waals surface area contributed by atoms with Crippen molar-refractivity contribution in [1.82, 2.24) is 5.32 Å². The first-order chi connectivity index (χ1) is 9.10. The molecular formula is C15H23BrFNO. The molecule has 0 aromatic heterocycles. The Hall–Kier alpha value is -0.450. The predicted octanol–water partition coefficient (Wildman–Crippen LogP) is 3.92. The molecule has 0 spiro atoms. The summed E-state index contributed by atoms with van der Waals surface area (Å²) in [7, 11) is 1.73. The van der Waals surface area contributed by atoms with Gasteiger partial charge in [-0.15, -0.1) is 0 Å². The highest BCUT2D eigenvalue weighted by Gasteiger charge is 2.19. The molecule has 0 heterocycles. The fourth-order valence-electron chi connectivity index (χ4n) is 2.26. The molecule has 0 aliphatic heterocycles. The van der Waals surface area contributed by atoms with Gasteiger partial charge in [0.15, 0.2) is 0 Å². The zero-order valence-electron chi connectivity index (χ0n) is 11.9. The van der Waals surface area contributed by atoms with Crippen LogP contribution in [0.4, 0.5) is 4.39 Å². The maximum atomic E-state index is 13.4. The molecule has 1 aromatic rings. The fourth-order valence-corrected chi connectivity index (χ4v) is 2.78. The molecule has 0 radical (unpaired) electrons. The molecular weight excluding hydrogens is 309 g/mol. The number of benzene rings is 1. The molecule has 0 saturated carbocycles. The summed E-state index contributed by atoms with van der Waals surface area (Å²) in [6.45, 7) is 5.19. The maximum absolute atomic E-state index is 13.4. The number of ether oxygens (including phenoxy) is 1. The van der Waals surface area contributed by atoms with Crippen molar-refractivity contribution < 1.29 is 9.13 Å². The number of nitrogens with one attached hydrogen (secondary N) is 1. The van der Waals surface area contributed by atoms with Crippen molar-refractivity contribution in [3.8, 4) is 0 Å². The summed E-state index contributed by atoms with van der Waals surface area (Å²) in [6.07, 6.45) is 2.93. The molecule has 0 bridgehead atoms. The lowest BCUT2D eigenvalue weighted by atomic mass is 9.99. The maximum Gasteiger partial charge on any atom is 0.124 e. The van der Waals surface area contributed by atoms with E-state index in [1.807, 2.05) is 6.07 Å². The normalized spacial score (nSPS) is 14.4. The minimum absolute atomic E-state index is 0.147. The lowest BCUT2D eigenvalue weighted by molar-refractivity contribution is 0.0653. The molecule has 108 valence electrons. The third-order valence-electron chi connectivity index (χ3n) is 3.19. The van der Waals surface area contributed by atoms with Gasteiger partial charge in [0.2, 0.25) is 0 Å². The molecule has 0 aliphatic rings. The van der Waals surface area contributed by atoms with Gasteiger partial charge < -0.3 is 10.1 Å². The molecule has 1 aromatic carbocycles. The van der Waals surface area contributed by atoms with Crippen LogP contribution in [0, 0.1) is 5.82 Å². The van der Waals surface area contributed by atoms with Gasteiger partial charge in [0.05, 0.1) is 6.10 Å². The van der Waals surface area contributed by atoms with E-state index in [4.69, 9.17) is 4.74 Å². The highest BCUT2D eigenvalue weighted by molar-refractivity contribution is 9.10. The van der Waals surface area contributed by atoms with Crippen LogP contribution in [0.2, 0.25) is 0 Å². The zero-order chi connectivity index (χ0) is 14.3. The lowest BCUT2D eigenvalue weighted by Gasteiger charge is -2.26. The van der Waals surface area contributed by atoms with Gasteiger partial charge in [-0.2, -0.15) is 0 Å². The Balaban J connectivity index is 2.80. The summed E-state index contributed by atoms with van der Waals surface area (Å²) in [5.74, 6) is -0.205. The van der Waals surface area contributed by atoms with Gasteiger partial charge >= 0.3 is 0 Å². The van der Waals surface area contributed by atoms with Gasteiger partial charge in [0, 0.05) is 17.6 Å². The van der Waals surface area contributed by atoms with Gasteiger partial charge in [-0.05, 0) is 49.6 Å². The van der Waals surface area contributed by atoms with Crippen molar-refractivity contribution in [3.05, 3.63) is 34.1 Å². The van der Waals surface area contributed by atoms with Crippen molar-refractivity contribution in [2.24, 2.45) is 0 Å². The van der Waals surface area contributed by atoms with Gasteiger partial charge in [-0.25, -0.2) is 4.39 Å². The Bertz CT molecular complexity index is 362. The largest absolute Gasteiger partial charge is 0.380 e. The molecule has 2 nitrogen and oxygen atoms in total. The van der Waals surface area contributed by atoms with Crippen LogP contribution in [0.15, 0.2) is 22.7 Å². The van der Waals surface area contributed by atoms with Gasteiger partial charge in [-0.1, -0.05) is 29.8 Å². The van der Waals surface area contributed by atoms with Crippen molar-refractivity contribution in [2.75, 3.05) is 13.7 Å². The monoisotopic (exact) mass is 331 g/mol. The summed E-state index contributed by atoms with van der Waals surface area (Å²) >= 11 is 3.34. The van der Waals surface area contributed by atoms with Crippen LogP contribution in [-0.2, 0) is 11.2 Å². The van der Waals surface area contributed by atoms with Crippen LogP contribution in [0.1, 0.15) is 32.3 Å². The van der Waals surface area contributed by atoms with E-state index in [1.165, 1.54) is 6.07 Å². The van der Waals surface area contributed by atoms with E-state index < -0.39 is 0 Å². The van der Waals surface area contributed by atoms with Crippen LogP contribution < -0.4 is 5.32 Å². The Morgan fingerprint density at radius 1 is 1.32 bits per heavy atom. The summed E-state index contributed by atoms with van der Waals surface area (Å²) in [5.41, 5.74) is 0.982. The molecule has 1 rings (SSSR count). The number of methoxy groups -OCH3 is 1.